The van der Waals surface area contributed by atoms with Crippen molar-refractivity contribution < 1.29 is 22.7 Å². The monoisotopic (exact) mass is 323 g/mol. The van der Waals surface area contributed by atoms with Gasteiger partial charge in [-0.05, 0) is 37.6 Å². The lowest BCUT2D eigenvalue weighted by Gasteiger charge is -2.18. The van der Waals surface area contributed by atoms with Gasteiger partial charge in [0.15, 0.2) is 0 Å². The second kappa shape index (κ2) is 7.17. The minimum atomic E-state index is -2.95. The molecule has 23 heavy (non-hydrogen) atoms. The summed E-state index contributed by atoms with van der Waals surface area (Å²) in [7, 11) is 0. The zero-order valence-electron chi connectivity index (χ0n) is 12.6. The average Bonchev–Trinajstić information content (AvgIpc) is 2.49. The quantitative estimate of drug-likeness (QED) is 0.894. The molecule has 0 radical (unpaired) electrons. The first-order valence-electron chi connectivity index (χ1n) is 6.99. The average molecular weight is 323 g/mol. The third kappa shape index (κ3) is 4.25. The fraction of sp³-hybridized carbons (Fsp3) is 0.235. The molecule has 0 aliphatic rings. The lowest BCUT2D eigenvalue weighted by molar-refractivity contribution is -0.0506. The predicted molar refractivity (Wildman–Crippen MR) is 80.1 cm³/mol. The summed E-state index contributed by atoms with van der Waals surface area (Å²) in [6.07, 6.45) is 0. The van der Waals surface area contributed by atoms with E-state index in [0.717, 1.165) is 6.07 Å². The predicted octanol–water partition coefficient (Wildman–Crippen LogP) is 4.23. The van der Waals surface area contributed by atoms with E-state index in [4.69, 9.17) is 0 Å². The van der Waals surface area contributed by atoms with Crippen LogP contribution in [-0.2, 0) is 0 Å². The van der Waals surface area contributed by atoms with Crippen molar-refractivity contribution in [1.29, 1.82) is 0 Å². The van der Waals surface area contributed by atoms with Crippen molar-refractivity contribution in [2.24, 2.45) is 0 Å². The lowest BCUT2D eigenvalue weighted by atomic mass is 10.1. The highest BCUT2D eigenvalue weighted by molar-refractivity contribution is 5.94. The molecule has 0 heterocycles. The number of alkyl halides is 2. The zero-order valence-corrected chi connectivity index (χ0v) is 12.6. The first-order chi connectivity index (χ1) is 10.9. The summed E-state index contributed by atoms with van der Waals surface area (Å²) < 4.78 is 42.8. The first-order valence-corrected chi connectivity index (χ1v) is 6.99. The van der Waals surface area contributed by atoms with Crippen LogP contribution in [0.15, 0.2) is 42.5 Å². The molecule has 0 aliphatic heterocycles. The first kappa shape index (κ1) is 16.9. The van der Waals surface area contributed by atoms with Gasteiger partial charge in [-0.3, -0.25) is 4.79 Å². The molecule has 0 bridgehead atoms. The Morgan fingerprint density at radius 3 is 2.52 bits per heavy atom. The molecule has 2 aromatic carbocycles. The van der Waals surface area contributed by atoms with Crippen LogP contribution in [0.1, 0.15) is 34.5 Å². The van der Waals surface area contributed by atoms with E-state index in [1.807, 2.05) is 0 Å². The Bertz CT molecular complexity index is 704. The van der Waals surface area contributed by atoms with Crippen LogP contribution in [0.25, 0.3) is 0 Å². The van der Waals surface area contributed by atoms with E-state index in [2.05, 4.69) is 10.1 Å². The van der Waals surface area contributed by atoms with Gasteiger partial charge >= 0.3 is 6.61 Å². The van der Waals surface area contributed by atoms with Crippen molar-refractivity contribution in [3.05, 3.63) is 65.0 Å². The van der Waals surface area contributed by atoms with Gasteiger partial charge in [0.1, 0.15) is 11.6 Å². The van der Waals surface area contributed by atoms with Crippen LogP contribution in [0.4, 0.5) is 13.2 Å². The largest absolute Gasteiger partial charge is 0.434 e. The highest BCUT2D eigenvalue weighted by Gasteiger charge is 2.17. The molecule has 122 valence electrons. The molecule has 0 saturated carbocycles. The highest BCUT2D eigenvalue weighted by Crippen LogP contribution is 2.26. The maximum absolute atomic E-state index is 13.5. The number of nitrogens with one attached hydrogen (secondary N) is 1. The van der Waals surface area contributed by atoms with E-state index in [-0.39, 0.29) is 11.3 Å². The molecule has 0 aliphatic carbocycles. The van der Waals surface area contributed by atoms with Crippen molar-refractivity contribution in [2.75, 3.05) is 0 Å². The Morgan fingerprint density at radius 2 is 1.87 bits per heavy atom. The number of ether oxygens (including phenoxy) is 1. The summed E-state index contributed by atoms with van der Waals surface area (Å²) in [6, 6.07) is 9.76. The van der Waals surface area contributed by atoms with E-state index in [0.29, 0.717) is 11.1 Å². The minimum Gasteiger partial charge on any atom is -0.434 e. The van der Waals surface area contributed by atoms with Gasteiger partial charge in [-0.25, -0.2) is 4.39 Å². The number of amides is 1. The Labute approximate surface area is 132 Å². The summed E-state index contributed by atoms with van der Waals surface area (Å²) in [4.78, 5) is 12.2. The van der Waals surface area contributed by atoms with Crippen LogP contribution in [0.2, 0.25) is 0 Å². The molecule has 3 nitrogen and oxygen atoms in total. The van der Waals surface area contributed by atoms with Crippen LogP contribution in [0, 0.1) is 12.7 Å². The number of halogens is 3. The number of benzene rings is 2. The molecule has 2 rings (SSSR count). The maximum atomic E-state index is 13.5. The molecule has 0 unspecified atom stereocenters. The van der Waals surface area contributed by atoms with Gasteiger partial charge in [0.05, 0.1) is 6.04 Å². The number of rotatable bonds is 5. The maximum Gasteiger partial charge on any atom is 0.387 e. The lowest BCUT2D eigenvalue weighted by Crippen LogP contribution is -2.27. The van der Waals surface area contributed by atoms with Crippen LogP contribution < -0.4 is 10.1 Å². The highest BCUT2D eigenvalue weighted by atomic mass is 19.3. The van der Waals surface area contributed by atoms with Crippen LogP contribution >= 0.6 is 0 Å². The molecular weight excluding hydrogens is 307 g/mol. The number of hydrogen-bond donors (Lipinski definition) is 1. The molecule has 1 atom stereocenters. The molecular formula is C17H16F3NO2. The molecule has 1 amide bonds. The third-order valence-electron chi connectivity index (χ3n) is 3.38. The summed E-state index contributed by atoms with van der Waals surface area (Å²) in [5, 5.41) is 2.64. The van der Waals surface area contributed by atoms with Gasteiger partial charge in [-0.15, -0.1) is 0 Å². The second-order valence-corrected chi connectivity index (χ2v) is 5.08. The van der Waals surface area contributed by atoms with Gasteiger partial charge in [-0.1, -0.05) is 24.3 Å². The number of hydrogen-bond acceptors (Lipinski definition) is 2. The van der Waals surface area contributed by atoms with E-state index in [9.17, 15) is 18.0 Å². The standard InChI is InChI=1S/C17H16F3NO2/c1-10-7-8-12(9-14(10)18)16(22)21-11(2)13-5-3-4-6-15(13)23-17(19)20/h3-9,11,17H,1-2H3,(H,21,22)/t11-/m0/s1. The SMILES string of the molecule is Cc1ccc(C(=O)N[C@@H](C)c2ccccc2OC(F)F)cc1F. The van der Waals surface area contributed by atoms with Gasteiger partial charge in [0, 0.05) is 11.1 Å². The Kier molecular flexibility index (Phi) is 5.26. The molecule has 0 saturated heterocycles. The fourth-order valence-corrected chi connectivity index (χ4v) is 2.13. The number of para-hydroxylation sites is 1. The smallest absolute Gasteiger partial charge is 0.387 e. The van der Waals surface area contributed by atoms with E-state index < -0.39 is 24.4 Å². The van der Waals surface area contributed by atoms with Crippen LogP contribution in [0.3, 0.4) is 0 Å². The van der Waals surface area contributed by atoms with Gasteiger partial charge in [0.25, 0.3) is 5.91 Å². The van der Waals surface area contributed by atoms with E-state index in [1.54, 1.807) is 32.0 Å². The molecule has 1 N–H and O–H groups in total. The number of carbonyl (C=O) groups excluding carboxylic acids is 1. The van der Waals surface area contributed by atoms with Crippen molar-refractivity contribution in [1.82, 2.24) is 5.32 Å². The van der Waals surface area contributed by atoms with E-state index in [1.165, 1.54) is 18.2 Å². The second-order valence-electron chi connectivity index (χ2n) is 5.08. The summed E-state index contributed by atoms with van der Waals surface area (Å²) in [5.74, 6) is -0.986. The Hall–Kier alpha value is -2.50. The zero-order chi connectivity index (χ0) is 17.0. The third-order valence-corrected chi connectivity index (χ3v) is 3.38. The van der Waals surface area contributed by atoms with Crippen molar-refractivity contribution in [2.45, 2.75) is 26.5 Å². The summed E-state index contributed by atoms with van der Waals surface area (Å²) >= 11 is 0. The van der Waals surface area contributed by atoms with Crippen molar-refractivity contribution >= 4 is 5.91 Å². The Morgan fingerprint density at radius 1 is 1.17 bits per heavy atom. The van der Waals surface area contributed by atoms with Gasteiger partial charge in [-0.2, -0.15) is 8.78 Å². The molecule has 2 aromatic rings. The van der Waals surface area contributed by atoms with E-state index >= 15 is 0 Å². The summed E-state index contributed by atoms with van der Waals surface area (Å²) in [5.41, 5.74) is 1.01. The fourth-order valence-electron chi connectivity index (χ4n) is 2.13. The van der Waals surface area contributed by atoms with Gasteiger partial charge in [0.2, 0.25) is 0 Å². The van der Waals surface area contributed by atoms with Gasteiger partial charge < -0.3 is 10.1 Å². The normalized spacial score (nSPS) is 12.1. The molecule has 6 heteroatoms. The number of aryl methyl sites for hydroxylation is 1. The van der Waals surface area contributed by atoms with Crippen LogP contribution in [-0.4, -0.2) is 12.5 Å². The van der Waals surface area contributed by atoms with Crippen molar-refractivity contribution in [3.63, 3.8) is 0 Å². The topological polar surface area (TPSA) is 38.3 Å². The molecule has 0 spiro atoms. The van der Waals surface area contributed by atoms with Crippen molar-refractivity contribution in [3.8, 4) is 5.75 Å². The number of carbonyl (C=O) groups is 1. The molecule has 0 fully saturated rings. The van der Waals surface area contributed by atoms with Crippen LogP contribution in [0.5, 0.6) is 5.75 Å². The molecule has 0 aromatic heterocycles. The minimum absolute atomic E-state index is 0.00890. The Balaban J connectivity index is 2.16. The summed E-state index contributed by atoms with van der Waals surface area (Å²) in [6.45, 7) is 0.276.